The summed E-state index contributed by atoms with van der Waals surface area (Å²) in [5, 5.41) is 33.6. The van der Waals surface area contributed by atoms with Gasteiger partial charge in [0.1, 0.15) is 29.1 Å². The molecule has 216 valence electrons. The van der Waals surface area contributed by atoms with Crippen molar-refractivity contribution in [3.05, 3.63) is 51.6 Å². The first kappa shape index (κ1) is 30.8. The van der Waals surface area contributed by atoms with Gasteiger partial charge in [0.15, 0.2) is 5.78 Å². The van der Waals surface area contributed by atoms with Crippen LogP contribution in [0, 0.1) is 5.92 Å². The highest BCUT2D eigenvalue weighted by Gasteiger charge is 2.40. The second kappa shape index (κ2) is 13.1. The maximum atomic E-state index is 13.1. The molecular formula is C30H37NO9. The van der Waals surface area contributed by atoms with E-state index in [1.165, 1.54) is 20.1 Å². The van der Waals surface area contributed by atoms with Crippen LogP contribution in [0.25, 0.3) is 0 Å². The highest BCUT2D eigenvalue weighted by atomic mass is 16.5. The Morgan fingerprint density at radius 1 is 1.05 bits per heavy atom. The quantitative estimate of drug-likeness (QED) is 0.280. The summed E-state index contributed by atoms with van der Waals surface area (Å²) in [6.45, 7) is 7.88. The third-order valence-corrected chi connectivity index (χ3v) is 7.58. The Hall–Kier alpha value is -3.76. The number of ether oxygens (including phenoxy) is 2. The summed E-state index contributed by atoms with van der Waals surface area (Å²) in [4.78, 5) is 48.0. The number of ketones is 3. The number of aliphatic hydroxyl groups is 1. The number of aromatic hydroxyl groups is 2. The number of fused-ring (bicyclic) bond motifs is 3. The second-order valence-corrected chi connectivity index (χ2v) is 9.74. The van der Waals surface area contributed by atoms with Crippen molar-refractivity contribution < 1.29 is 44.0 Å². The van der Waals surface area contributed by atoms with Gasteiger partial charge in [-0.25, -0.2) is 0 Å². The van der Waals surface area contributed by atoms with Crippen LogP contribution in [0.2, 0.25) is 0 Å². The molecule has 1 heterocycles. The molecule has 1 aliphatic heterocycles. The third kappa shape index (κ3) is 5.59. The predicted octanol–water partition coefficient (Wildman–Crippen LogP) is 2.87. The normalized spacial score (nSPS) is 22.6. The molecule has 5 rings (SSSR count). The molecule has 2 aromatic rings. The van der Waals surface area contributed by atoms with Crippen LogP contribution in [0.15, 0.2) is 18.2 Å². The van der Waals surface area contributed by atoms with E-state index in [1.54, 1.807) is 19.1 Å². The smallest absolute Gasteiger partial charge is 0.207 e. The lowest BCUT2D eigenvalue weighted by atomic mass is 9.75. The molecule has 1 amide bonds. The van der Waals surface area contributed by atoms with Gasteiger partial charge in [0.25, 0.3) is 0 Å². The van der Waals surface area contributed by atoms with Gasteiger partial charge >= 0.3 is 0 Å². The highest BCUT2D eigenvalue weighted by Crippen LogP contribution is 2.47. The minimum absolute atomic E-state index is 0.00487. The van der Waals surface area contributed by atoms with Gasteiger partial charge in [-0.05, 0) is 45.6 Å². The molecule has 3 aliphatic rings. The van der Waals surface area contributed by atoms with E-state index >= 15 is 0 Å². The molecule has 4 atom stereocenters. The average molecular weight is 556 g/mol. The fourth-order valence-electron chi connectivity index (χ4n) is 5.40. The SMILES string of the molecule is CC.CC1OCCC(NC=O)C1O.COc1cccc2c1C(=O)c1c(O)c3c(c(O)c1C2=O)CC(C(C)=O)CC3. The summed E-state index contributed by atoms with van der Waals surface area (Å²) in [5.74, 6) is -1.73. The Morgan fingerprint density at radius 2 is 1.70 bits per heavy atom. The number of amides is 1. The zero-order chi connectivity index (χ0) is 29.7. The first-order valence-electron chi connectivity index (χ1n) is 13.5. The lowest BCUT2D eigenvalue weighted by molar-refractivity contribution is -0.121. The number of carbonyl (C=O) groups is 4. The van der Waals surface area contributed by atoms with Gasteiger partial charge in [0.05, 0.1) is 35.9 Å². The molecule has 10 heteroatoms. The number of methoxy groups -OCH3 is 1. The van der Waals surface area contributed by atoms with E-state index in [0.717, 1.165) is 0 Å². The summed E-state index contributed by atoms with van der Waals surface area (Å²) in [6, 6.07) is 4.52. The topological polar surface area (TPSA) is 159 Å². The number of Topliss-reactive ketones (excluding diaryl/α,β-unsaturated/α-hetero) is 1. The molecule has 4 unspecified atom stereocenters. The standard InChI is InChI=1S/C21H18O6.C7H13NO3.C2H6/c1-9(22)10-6-7-11-13(8-10)20(25)16-17(18(11)23)21(26)15-12(19(16)24)4-3-5-14(15)27-2;1-5-7(10)6(8-4-9)2-3-11-5;1-2/h3-5,10,23,25H,6-8H2,1-2H3;4-7,10H,2-3H2,1H3,(H,8,9);1-2H3. The third-order valence-electron chi connectivity index (χ3n) is 7.58. The first-order chi connectivity index (χ1) is 19.1. The van der Waals surface area contributed by atoms with Crippen LogP contribution in [0.4, 0.5) is 0 Å². The first-order valence-corrected chi connectivity index (χ1v) is 13.5. The van der Waals surface area contributed by atoms with Crippen LogP contribution in [-0.4, -0.2) is 71.0 Å². The summed E-state index contributed by atoms with van der Waals surface area (Å²) < 4.78 is 10.4. The highest BCUT2D eigenvalue weighted by molar-refractivity contribution is 6.31. The Balaban J connectivity index is 0.000000285. The van der Waals surface area contributed by atoms with E-state index in [2.05, 4.69) is 5.32 Å². The van der Waals surface area contributed by atoms with Crippen molar-refractivity contribution in [1.82, 2.24) is 5.32 Å². The molecule has 10 nitrogen and oxygen atoms in total. The molecule has 0 spiro atoms. The average Bonchev–Trinajstić information content (AvgIpc) is 2.96. The van der Waals surface area contributed by atoms with Crippen molar-refractivity contribution in [3.63, 3.8) is 0 Å². The number of phenolic OH excluding ortho intramolecular Hbond substituents is 2. The zero-order valence-electron chi connectivity index (χ0n) is 23.4. The summed E-state index contributed by atoms with van der Waals surface area (Å²) in [7, 11) is 1.40. The lowest BCUT2D eigenvalue weighted by Crippen LogP contribution is -2.50. The molecule has 4 N–H and O–H groups in total. The van der Waals surface area contributed by atoms with Crippen molar-refractivity contribution in [2.75, 3.05) is 13.7 Å². The van der Waals surface area contributed by atoms with E-state index in [1.807, 2.05) is 13.8 Å². The van der Waals surface area contributed by atoms with Gasteiger partial charge < -0.3 is 30.1 Å². The van der Waals surface area contributed by atoms with E-state index in [9.17, 15) is 34.5 Å². The van der Waals surface area contributed by atoms with Crippen LogP contribution < -0.4 is 10.1 Å². The van der Waals surface area contributed by atoms with Crippen LogP contribution in [-0.2, 0) is 27.2 Å². The van der Waals surface area contributed by atoms with E-state index in [0.29, 0.717) is 43.4 Å². The van der Waals surface area contributed by atoms with Crippen molar-refractivity contribution in [2.45, 2.75) is 71.6 Å². The molecule has 2 aromatic carbocycles. The van der Waals surface area contributed by atoms with Crippen LogP contribution in [0.3, 0.4) is 0 Å². The number of nitrogens with one attached hydrogen (secondary N) is 1. The molecule has 1 saturated heterocycles. The number of carbonyl (C=O) groups excluding carboxylic acids is 4. The number of hydrogen-bond donors (Lipinski definition) is 4. The number of aliphatic hydroxyl groups excluding tert-OH is 1. The van der Waals surface area contributed by atoms with Crippen molar-refractivity contribution in [1.29, 1.82) is 0 Å². The van der Waals surface area contributed by atoms with E-state index in [-0.39, 0.29) is 69.8 Å². The number of phenols is 2. The Kier molecular flexibility index (Phi) is 10.1. The van der Waals surface area contributed by atoms with E-state index < -0.39 is 17.7 Å². The predicted molar refractivity (Wildman–Crippen MR) is 146 cm³/mol. The summed E-state index contributed by atoms with van der Waals surface area (Å²) >= 11 is 0. The molecule has 0 aromatic heterocycles. The van der Waals surface area contributed by atoms with Crippen molar-refractivity contribution >= 4 is 23.8 Å². The molecular weight excluding hydrogens is 518 g/mol. The lowest BCUT2D eigenvalue weighted by Gasteiger charge is -2.32. The minimum Gasteiger partial charge on any atom is -0.507 e. The minimum atomic E-state index is -0.575. The van der Waals surface area contributed by atoms with Crippen LogP contribution in [0.1, 0.15) is 83.5 Å². The largest absolute Gasteiger partial charge is 0.507 e. The Morgan fingerprint density at radius 3 is 2.33 bits per heavy atom. The molecule has 0 saturated carbocycles. The second-order valence-electron chi connectivity index (χ2n) is 9.74. The molecule has 40 heavy (non-hydrogen) atoms. The fraction of sp³-hybridized carbons (Fsp3) is 0.467. The van der Waals surface area contributed by atoms with Gasteiger partial charge in [-0.3, -0.25) is 19.2 Å². The molecule has 1 fully saturated rings. The molecule has 0 bridgehead atoms. The number of benzene rings is 2. The van der Waals surface area contributed by atoms with Gasteiger partial charge in [-0.15, -0.1) is 0 Å². The van der Waals surface area contributed by atoms with Gasteiger partial charge in [0.2, 0.25) is 12.2 Å². The van der Waals surface area contributed by atoms with Gasteiger partial charge in [0, 0.05) is 29.2 Å². The maximum Gasteiger partial charge on any atom is 0.207 e. The van der Waals surface area contributed by atoms with Gasteiger partial charge in [-0.2, -0.15) is 0 Å². The van der Waals surface area contributed by atoms with Crippen molar-refractivity contribution in [3.8, 4) is 17.2 Å². The molecule has 2 aliphatic carbocycles. The number of rotatable bonds is 4. The molecule has 0 radical (unpaired) electrons. The summed E-state index contributed by atoms with van der Waals surface area (Å²) in [5.41, 5.74) is 0.647. The number of hydrogen-bond acceptors (Lipinski definition) is 9. The van der Waals surface area contributed by atoms with Crippen LogP contribution >= 0.6 is 0 Å². The van der Waals surface area contributed by atoms with Crippen LogP contribution in [0.5, 0.6) is 17.2 Å². The summed E-state index contributed by atoms with van der Waals surface area (Å²) in [6.07, 6.45) is 1.66. The van der Waals surface area contributed by atoms with Gasteiger partial charge in [-0.1, -0.05) is 26.0 Å². The fourth-order valence-corrected chi connectivity index (χ4v) is 5.40. The van der Waals surface area contributed by atoms with Crippen molar-refractivity contribution in [2.24, 2.45) is 5.92 Å². The Bertz CT molecular complexity index is 1300. The zero-order valence-corrected chi connectivity index (χ0v) is 23.4. The van der Waals surface area contributed by atoms with E-state index in [4.69, 9.17) is 9.47 Å². The monoisotopic (exact) mass is 555 g/mol. The maximum absolute atomic E-state index is 13.1. The Labute approximate surface area is 233 Å².